The molecule has 0 radical (unpaired) electrons. The van der Waals surface area contributed by atoms with Gasteiger partial charge in [-0.3, -0.25) is 9.59 Å². The van der Waals surface area contributed by atoms with Crippen LogP contribution in [-0.2, 0) is 20.8 Å². The first kappa shape index (κ1) is 19.5. The highest BCUT2D eigenvalue weighted by molar-refractivity contribution is 5.88. The first-order valence-corrected chi connectivity index (χ1v) is 7.42. The fourth-order valence-electron chi connectivity index (χ4n) is 2.04. The van der Waals surface area contributed by atoms with Crippen LogP contribution in [-0.4, -0.2) is 35.5 Å². The fourth-order valence-corrected chi connectivity index (χ4v) is 2.04. The molecule has 0 saturated heterocycles. The van der Waals surface area contributed by atoms with Crippen LogP contribution in [0.5, 0.6) is 0 Å². The van der Waals surface area contributed by atoms with Gasteiger partial charge in [0.1, 0.15) is 17.7 Å². The first-order chi connectivity index (χ1) is 11.2. The molecule has 0 aromatic heterocycles. The summed E-state index contributed by atoms with van der Waals surface area (Å²) in [5.74, 6) is -4.24. The molecular weight excluding hydrogens is 322 g/mol. The molecule has 0 saturated carbocycles. The van der Waals surface area contributed by atoms with Gasteiger partial charge < -0.3 is 15.7 Å². The van der Waals surface area contributed by atoms with Gasteiger partial charge in [0.2, 0.25) is 11.8 Å². The number of aliphatic carboxylic acids is 1. The van der Waals surface area contributed by atoms with E-state index in [1.807, 2.05) is 13.8 Å². The maximum atomic E-state index is 13.4. The highest BCUT2D eigenvalue weighted by atomic mass is 19.1. The molecule has 0 aliphatic heterocycles. The third-order valence-electron chi connectivity index (χ3n) is 3.19. The molecular formula is C16H20F2N2O4. The van der Waals surface area contributed by atoms with Crippen LogP contribution in [0.2, 0.25) is 0 Å². The van der Waals surface area contributed by atoms with Gasteiger partial charge in [0.15, 0.2) is 0 Å². The van der Waals surface area contributed by atoms with E-state index in [9.17, 15) is 23.2 Å². The summed E-state index contributed by atoms with van der Waals surface area (Å²) >= 11 is 0. The number of hydrogen-bond acceptors (Lipinski definition) is 3. The van der Waals surface area contributed by atoms with E-state index in [-0.39, 0.29) is 12.3 Å². The van der Waals surface area contributed by atoms with Gasteiger partial charge in [0.25, 0.3) is 0 Å². The standard InChI is InChI=1S/C16H20F2N2O4/c1-9(2)6-13(16(23)24)20-15(22)8-19-14(21)7-10-11(17)4-3-5-12(10)18/h3-5,9,13H,6-8H2,1-2H3,(H,19,21)(H,20,22)(H,23,24)/t13-/m0/s1. The Morgan fingerprint density at radius 3 is 2.21 bits per heavy atom. The molecule has 1 atom stereocenters. The highest BCUT2D eigenvalue weighted by Crippen LogP contribution is 2.12. The molecule has 24 heavy (non-hydrogen) atoms. The minimum absolute atomic E-state index is 0.0602. The second kappa shape index (κ2) is 8.95. The van der Waals surface area contributed by atoms with Crippen LogP contribution in [0.1, 0.15) is 25.8 Å². The van der Waals surface area contributed by atoms with Crippen LogP contribution in [0.15, 0.2) is 18.2 Å². The first-order valence-electron chi connectivity index (χ1n) is 7.42. The predicted octanol–water partition coefficient (Wildman–Crippen LogP) is 1.24. The quantitative estimate of drug-likeness (QED) is 0.662. The second-order valence-electron chi connectivity index (χ2n) is 5.74. The molecule has 3 N–H and O–H groups in total. The Bertz CT molecular complexity index is 600. The number of benzene rings is 1. The van der Waals surface area contributed by atoms with Crippen molar-refractivity contribution in [3.63, 3.8) is 0 Å². The van der Waals surface area contributed by atoms with E-state index in [4.69, 9.17) is 5.11 Å². The number of carbonyl (C=O) groups is 3. The summed E-state index contributed by atoms with van der Waals surface area (Å²) in [6.45, 7) is 3.15. The van der Waals surface area contributed by atoms with E-state index in [2.05, 4.69) is 10.6 Å². The molecule has 0 aliphatic rings. The fraction of sp³-hybridized carbons (Fsp3) is 0.438. The summed E-state index contributed by atoms with van der Waals surface area (Å²) < 4.78 is 26.9. The number of carboxylic acids is 1. The van der Waals surface area contributed by atoms with E-state index in [0.717, 1.165) is 12.1 Å². The van der Waals surface area contributed by atoms with Crippen molar-refractivity contribution in [1.29, 1.82) is 0 Å². The molecule has 132 valence electrons. The van der Waals surface area contributed by atoms with E-state index >= 15 is 0 Å². The van der Waals surface area contributed by atoms with Crippen LogP contribution in [0, 0.1) is 17.6 Å². The van der Waals surface area contributed by atoms with Crippen LogP contribution < -0.4 is 10.6 Å². The minimum atomic E-state index is -1.17. The molecule has 6 nitrogen and oxygen atoms in total. The predicted molar refractivity (Wildman–Crippen MR) is 82.1 cm³/mol. The SMILES string of the molecule is CC(C)C[C@H](NC(=O)CNC(=O)Cc1c(F)cccc1F)C(=O)O. The number of carboxylic acid groups (broad SMARTS) is 1. The maximum absolute atomic E-state index is 13.4. The molecule has 0 fully saturated rings. The van der Waals surface area contributed by atoms with Gasteiger partial charge >= 0.3 is 5.97 Å². The number of rotatable bonds is 8. The number of nitrogens with one attached hydrogen (secondary N) is 2. The highest BCUT2D eigenvalue weighted by Gasteiger charge is 2.21. The molecule has 1 rings (SSSR count). The lowest BCUT2D eigenvalue weighted by Gasteiger charge is -2.16. The zero-order valence-corrected chi connectivity index (χ0v) is 13.4. The number of hydrogen-bond donors (Lipinski definition) is 3. The Balaban J connectivity index is 2.51. The van der Waals surface area contributed by atoms with Gasteiger partial charge in [-0.1, -0.05) is 19.9 Å². The zero-order chi connectivity index (χ0) is 18.3. The summed E-state index contributed by atoms with van der Waals surface area (Å²) in [6.07, 6.45) is -0.310. The van der Waals surface area contributed by atoms with Gasteiger partial charge in [0.05, 0.1) is 13.0 Å². The Hall–Kier alpha value is -2.51. The average Bonchev–Trinajstić information content (AvgIpc) is 2.48. The zero-order valence-electron chi connectivity index (χ0n) is 13.4. The Kier molecular flexibility index (Phi) is 7.29. The molecule has 0 bridgehead atoms. The van der Waals surface area contributed by atoms with Gasteiger partial charge in [-0.05, 0) is 24.5 Å². The van der Waals surface area contributed by atoms with E-state index in [1.165, 1.54) is 6.07 Å². The van der Waals surface area contributed by atoms with Crippen LogP contribution in [0.25, 0.3) is 0 Å². The van der Waals surface area contributed by atoms with Crippen LogP contribution in [0.4, 0.5) is 8.78 Å². The molecule has 0 aliphatic carbocycles. The summed E-state index contributed by atoms with van der Waals surface area (Å²) in [7, 11) is 0. The van der Waals surface area contributed by atoms with Crippen LogP contribution >= 0.6 is 0 Å². The third-order valence-corrected chi connectivity index (χ3v) is 3.19. The monoisotopic (exact) mass is 342 g/mol. The van der Waals surface area contributed by atoms with Crippen molar-refractivity contribution in [3.8, 4) is 0 Å². The number of carbonyl (C=O) groups excluding carboxylic acids is 2. The molecule has 1 aromatic carbocycles. The normalized spacial score (nSPS) is 11.9. The molecule has 0 spiro atoms. The van der Waals surface area contributed by atoms with E-state index in [1.54, 1.807) is 0 Å². The van der Waals surface area contributed by atoms with Gasteiger partial charge in [0, 0.05) is 5.56 Å². The Morgan fingerprint density at radius 2 is 1.71 bits per heavy atom. The molecule has 2 amide bonds. The van der Waals surface area contributed by atoms with Crippen molar-refractivity contribution in [2.45, 2.75) is 32.7 Å². The summed E-state index contributed by atoms with van der Waals surface area (Å²) in [6, 6.07) is 2.18. The van der Waals surface area contributed by atoms with E-state index < -0.39 is 54.0 Å². The topological polar surface area (TPSA) is 95.5 Å². The lowest BCUT2D eigenvalue weighted by Crippen LogP contribution is -2.46. The van der Waals surface area contributed by atoms with Crippen molar-refractivity contribution in [3.05, 3.63) is 35.4 Å². The smallest absolute Gasteiger partial charge is 0.326 e. The van der Waals surface area contributed by atoms with Crippen molar-refractivity contribution >= 4 is 17.8 Å². The van der Waals surface area contributed by atoms with Gasteiger partial charge in [-0.15, -0.1) is 0 Å². The number of amides is 2. The van der Waals surface area contributed by atoms with Crippen molar-refractivity contribution in [2.24, 2.45) is 5.92 Å². The molecule has 1 aromatic rings. The number of halogens is 2. The molecule has 0 heterocycles. The van der Waals surface area contributed by atoms with Crippen molar-refractivity contribution in [1.82, 2.24) is 10.6 Å². The van der Waals surface area contributed by atoms with Crippen molar-refractivity contribution < 1.29 is 28.3 Å². The average molecular weight is 342 g/mol. The van der Waals surface area contributed by atoms with E-state index in [0.29, 0.717) is 0 Å². The van der Waals surface area contributed by atoms with Crippen molar-refractivity contribution in [2.75, 3.05) is 6.54 Å². The summed E-state index contributed by atoms with van der Waals surface area (Å²) in [4.78, 5) is 34.4. The molecule has 0 unspecified atom stereocenters. The Morgan fingerprint density at radius 1 is 1.12 bits per heavy atom. The Labute approximate surface area is 138 Å². The lowest BCUT2D eigenvalue weighted by atomic mass is 10.0. The summed E-state index contributed by atoms with van der Waals surface area (Å²) in [5, 5.41) is 13.5. The second-order valence-corrected chi connectivity index (χ2v) is 5.74. The molecule has 8 heteroatoms. The van der Waals surface area contributed by atoms with Gasteiger partial charge in [-0.2, -0.15) is 0 Å². The third kappa shape index (κ3) is 6.31. The van der Waals surface area contributed by atoms with Gasteiger partial charge in [-0.25, -0.2) is 13.6 Å². The van der Waals surface area contributed by atoms with Crippen LogP contribution in [0.3, 0.4) is 0 Å². The minimum Gasteiger partial charge on any atom is -0.480 e. The largest absolute Gasteiger partial charge is 0.480 e. The lowest BCUT2D eigenvalue weighted by molar-refractivity contribution is -0.142. The maximum Gasteiger partial charge on any atom is 0.326 e. The summed E-state index contributed by atoms with van der Waals surface area (Å²) in [5.41, 5.74) is -0.390.